The Morgan fingerprint density at radius 2 is 2.21 bits per heavy atom. The second-order valence-electron chi connectivity index (χ2n) is 5.09. The van der Waals surface area contributed by atoms with Crippen molar-refractivity contribution in [1.29, 1.82) is 0 Å². The van der Waals surface area contributed by atoms with Gasteiger partial charge in [-0.05, 0) is 33.4 Å². The lowest BCUT2D eigenvalue weighted by atomic mass is 9.75. The summed E-state index contributed by atoms with van der Waals surface area (Å²) >= 11 is 0. The van der Waals surface area contributed by atoms with Crippen LogP contribution in [-0.4, -0.2) is 58.0 Å². The molecule has 1 amide bonds. The van der Waals surface area contributed by atoms with Crippen LogP contribution in [-0.2, 0) is 0 Å². The van der Waals surface area contributed by atoms with E-state index in [2.05, 4.69) is 20.2 Å². The van der Waals surface area contributed by atoms with Gasteiger partial charge in [-0.25, -0.2) is 9.78 Å². The number of carboxylic acids is 1. The van der Waals surface area contributed by atoms with Gasteiger partial charge in [0, 0.05) is 12.1 Å². The number of rotatable bonds is 5. The number of aromatic amines is 1. The number of carbonyl (C=O) groups excluding carboxylic acids is 1. The Labute approximate surface area is 111 Å². The zero-order valence-electron chi connectivity index (χ0n) is 11.1. The molecular formula is C12H18N4O3. The van der Waals surface area contributed by atoms with Crippen LogP contribution in [0.15, 0.2) is 6.33 Å². The van der Waals surface area contributed by atoms with Crippen molar-refractivity contribution in [2.45, 2.75) is 24.8 Å². The number of carboxylic acid groups (broad SMARTS) is 1. The smallest absolute Gasteiger partial charge is 0.354 e. The Hall–Kier alpha value is -1.89. The third kappa shape index (κ3) is 2.46. The minimum Gasteiger partial charge on any atom is -0.477 e. The molecule has 0 aliphatic heterocycles. The van der Waals surface area contributed by atoms with Crippen LogP contribution in [0, 0.1) is 0 Å². The average Bonchev–Trinajstić information content (AvgIpc) is 2.75. The largest absolute Gasteiger partial charge is 0.477 e. The number of carbonyl (C=O) groups is 2. The first-order valence-corrected chi connectivity index (χ1v) is 6.18. The van der Waals surface area contributed by atoms with Gasteiger partial charge in [-0.15, -0.1) is 0 Å². The normalized spacial score (nSPS) is 17.0. The number of likely N-dealkylation sites (N-methyl/N-ethyl adjacent to an activating group) is 1. The van der Waals surface area contributed by atoms with E-state index in [-0.39, 0.29) is 16.9 Å². The molecule has 1 heterocycles. The van der Waals surface area contributed by atoms with Crippen LogP contribution in [0.3, 0.4) is 0 Å². The number of amides is 1. The number of H-pyrrole nitrogens is 1. The third-order valence-corrected chi connectivity index (χ3v) is 3.88. The van der Waals surface area contributed by atoms with E-state index in [0.29, 0.717) is 6.54 Å². The molecule has 19 heavy (non-hydrogen) atoms. The summed E-state index contributed by atoms with van der Waals surface area (Å²) < 4.78 is 0. The number of hydrogen-bond donors (Lipinski definition) is 3. The summed E-state index contributed by atoms with van der Waals surface area (Å²) in [6.45, 7) is 0.505. The summed E-state index contributed by atoms with van der Waals surface area (Å²) in [5.74, 6) is -1.64. The number of nitrogens with one attached hydrogen (secondary N) is 2. The van der Waals surface area contributed by atoms with Crippen LogP contribution in [0.1, 0.15) is 40.2 Å². The van der Waals surface area contributed by atoms with Gasteiger partial charge < -0.3 is 20.3 Å². The maximum atomic E-state index is 12.0. The van der Waals surface area contributed by atoms with Crippen molar-refractivity contribution >= 4 is 11.9 Å². The first kappa shape index (κ1) is 13.5. The predicted molar refractivity (Wildman–Crippen MR) is 68.1 cm³/mol. The Kier molecular flexibility index (Phi) is 3.57. The lowest BCUT2D eigenvalue weighted by Gasteiger charge is -2.47. The summed E-state index contributed by atoms with van der Waals surface area (Å²) in [7, 11) is 3.98. The number of nitrogens with zero attached hydrogens (tertiary/aromatic N) is 2. The molecule has 0 bridgehead atoms. The zero-order valence-corrected chi connectivity index (χ0v) is 11.1. The van der Waals surface area contributed by atoms with Crippen molar-refractivity contribution in [3.8, 4) is 0 Å². The predicted octanol–water partition coefficient (Wildman–Crippen LogP) is 0.322. The molecule has 2 rings (SSSR count). The van der Waals surface area contributed by atoms with E-state index in [9.17, 15) is 9.59 Å². The summed E-state index contributed by atoms with van der Waals surface area (Å²) in [5, 5.41) is 11.7. The SMILES string of the molecule is CN(C)C1(CNC(=O)c2nc[nH]c2C(=O)O)CCC1. The molecule has 1 saturated carbocycles. The van der Waals surface area contributed by atoms with Crippen LogP contribution in [0.2, 0.25) is 0 Å². The molecule has 7 heteroatoms. The minimum atomic E-state index is -1.19. The van der Waals surface area contributed by atoms with E-state index in [1.807, 2.05) is 14.1 Å². The highest BCUT2D eigenvalue weighted by molar-refractivity contribution is 6.02. The van der Waals surface area contributed by atoms with Crippen molar-refractivity contribution in [2.75, 3.05) is 20.6 Å². The number of aromatic carboxylic acids is 1. The molecular weight excluding hydrogens is 248 g/mol. The van der Waals surface area contributed by atoms with E-state index in [1.54, 1.807) is 0 Å². The molecule has 1 aromatic rings. The van der Waals surface area contributed by atoms with Gasteiger partial charge in [0.2, 0.25) is 0 Å². The Bertz CT molecular complexity index is 491. The van der Waals surface area contributed by atoms with Gasteiger partial charge in [0.1, 0.15) is 0 Å². The molecule has 1 fully saturated rings. The van der Waals surface area contributed by atoms with Crippen LogP contribution in [0.4, 0.5) is 0 Å². The summed E-state index contributed by atoms with van der Waals surface area (Å²) in [6.07, 6.45) is 4.43. The topological polar surface area (TPSA) is 98.3 Å². The molecule has 0 saturated heterocycles. The Morgan fingerprint density at radius 1 is 1.53 bits per heavy atom. The molecule has 0 aromatic carbocycles. The van der Waals surface area contributed by atoms with Gasteiger partial charge in [-0.2, -0.15) is 0 Å². The van der Waals surface area contributed by atoms with Gasteiger partial charge in [-0.1, -0.05) is 0 Å². The van der Waals surface area contributed by atoms with E-state index >= 15 is 0 Å². The van der Waals surface area contributed by atoms with Crippen molar-refractivity contribution in [3.05, 3.63) is 17.7 Å². The van der Waals surface area contributed by atoms with E-state index in [0.717, 1.165) is 19.3 Å². The summed E-state index contributed by atoms with van der Waals surface area (Å²) in [6, 6.07) is 0. The fraction of sp³-hybridized carbons (Fsp3) is 0.583. The molecule has 7 nitrogen and oxygen atoms in total. The van der Waals surface area contributed by atoms with Gasteiger partial charge >= 0.3 is 5.97 Å². The van der Waals surface area contributed by atoms with Gasteiger partial charge in [0.15, 0.2) is 11.4 Å². The van der Waals surface area contributed by atoms with E-state index in [1.165, 1.54) is 6.33 Å². The van der Waals surface area contributed by atoms with Gasteiger partial charge in [0.05, 0.1) is 6.33 Å². The fourth-order valence-electron chi connectivity index (χ4n) is 2.32. The number of aromatic nitrogens is 2. The maximum absolute atomic E-state index is 12.0. The molecule has 0 radical (unpaired) electrons. The lowest BCUT2D eigenvalue weighted by molar-refractivity contribution is 0.0553. The molecule has 104 valence electrons. The molecule has 3 N–H and O–H groups in total. The molecule has 1 aliphatic carbocycles. The molecule has 0 spiro atoms. The molecule has 0 atom stereocenters. The Balaban J connectivity index is 2.02. The monoisotopic (exact) mass is 266 g/mol. The number of imidazole rings is 1. The average molecular weight is 266 g/mol. The van der Waals surface area contributed by atoms with Gasteiger partial charge in [0.25, 0.3) is 5.91 Å². The zero-order chi connectivity index (χ0) is 14.0. The Morgan fingerprint density at radius 3 is 2.68 bits per heavy atom. The maximum Gasteiger partial charge on any atom is 0.354 e. The van der Waals surface area contributed by atoms with Gasteiger partial charge in [-0.3, -0.25) is 4.79 Å². The fourth-order valence-corrected chi connectivity index (χ4v) is 2.32. The van der Waals surface area contributed by atoms with Crippen molar-refractivity contribution in [2.24, 2.45) is 0 Å². The highest BCUT2D eigenvalue weighted by Crippen LogP contribution is 2.35. The third-order valence-electron chi connectivity index (χ3n) is 3.88. The lowest BCUT2D eigenvalue weighted by Crippen LogP contribution is -2.57. The first-order chi connectivity index (χ1) is 8.96. The van der Waals surface area contributed by atoms with Crippen LogP contribution in [0.5, 0.6) is 0 Å². The van der Waals surface area contributed by atoms with Crippen LogP contribution in [0.25, 0.3) is 0 Å². The van der Waals surface area contributed by atoms with E-state index in [4.69, 9.17) is 5.11 Å². The van der Waals surface area contributed by atoms with Crippen molar-refractivity contribution < 1.29 is 14.7 Å². The second kappa shape index (κ2) is 5.00. The first-order valence-electron chi connectivity index (χ1n) is 6.18. The molecule has 1 aromatic heterocycles. The van der Waals surface area contributed by atoms with Crippen molar-refractivity contribution in [1.82, 2.24) is 20.2 Å². The van der Waals surface area contributed by atoms with Crippen molar-refractivity contribution in [3.63, 3.8) is 0 Å². The summed E-state index contributed by atoms with van der Waals surface area (Å²) in [4.78, 5) is 31.2. The second-order valence-corrected chi connectivity index (χ2v) is 5.09. The quantitative estimate of drug-likeness (QED) is 0.713. The minimum absolute atomic E-state index is 0.00461. The highest BCUT2D eigenvalue weighted by atomic mass is 16.4. The summed E-state index contributed by atoms with van der Waals surface area (Å²) in [5.41, 5.74) is -0.249. The highest BCUT2D eigenvalue weighted by Gasteiger charge is 2.39. The molecule has 0 unspecified atom stereocenters. The van der Waals surface area contributed by atoms with Crippen LogP contribution < -0.4 is 5.32 Å². The van der Waals surface area contributed by atoms with E-state index < -0.39 is 11.9 Å². The standard InChI is InChI=1S/C12H18N4O3/c1-16(2)12(4-3-5-12)6-13-10(17)8-9(11(18)19)15-7-14-8/h7H,3-6H2,1-2H3,(H,13,17)(H,14,15)(H,18,19). The number of hydrogen-bond acceptors (Lipinski definition) is 4. The molecule has 1 aliphatic rings. The van der Waals surface area contributed by atoms with Crippen LogP contribution >= 0.6 is 0 Å².